The van der Waals surface area contributed by atoms with Gasteiger partial charge in [-0.1, -0.05) is 50.5 Å². The second-order valence-corrected chi connectivity index (χ2v) is 6.68. The molecule has 0 atom stereocenters. The summed E-state index contributed by atoms with van der Waals surface area (Å²) in [6, 6.07) is 1.02. The first-order valence-corrected chi connectivity index (χ1v) is 9.40. The average Bonchev–Trinajstić information content (AvgIpc) is 3.16. The van der Waals surface area contributed by atoms with Gasteiger partial charge in [0.15, 0.2) is 5.69 Å². The Hall–Kier alpha value is -2.61. The van der Waals surface area contributed by atoms with Gasteiger partial charge in [0.2, 0.25) is 0 Å². The van der Waals surface area contributed by atoms with E-state index in [2.05, 4.69) is 23.2 Å². The molecule has 1 rings (SSSR count). The van der Waals surface area contributed by atoms with Crippen molar-refractivity contribution in [2.75, 3.05) is 26.2 Å². The molecule has 0 saturated heterocycles. The van der Waals surface area contributed by atoms with Gasteiger partial charge in [0.25, 0.3) is 5.91 Å². The number of likely N-dealkylation sites (N-methyl/N-ethyl adjacent to an activating group) is 1. The Labute approximate surface area is 170 Å². The Kier molecular flexibility index (Phi) is 9.61. The molecule has 29 heavy (non-hydrogen) atoms. The Morgan fingerprint density at radius 2 is 1.97 bits per heavy atom. The molecule has 0 aliphatic rings. The van der Waals surface area contributed by atoms with Crippen LogP contribution in [0, 0.1) is 0 Å². The predicted molar refractivity (Wildman–Crippen MR) is 109 cm³/mol. The smallest absolute Gasteiger partial charge is 0.332 e. The standard InChI is InChI=1S/C21H29F3N4O/c1-6-9-10-11-17(7-2)15-28(13-12-27(8-3)16(4)5)20(29)18-14-19(26-25-18)21(22,23)24/h6-7,9-11,14,16H,1-2,8,12-13,15H2,3-5H3,(H,25,26)/b10-9-,17-11+. The minimum atomic E-state index is -4.59. The summed E-state index contributed by atoms with van der Waals surface area (Å²) in [5.74, 6) is -0.572. The summed E-state index contributed by atoms with van der Waals surface area (Å²) in [6.07, 6.45) is 3.91. The predicted octanol–water partition coefficient (Wildman–Crippen LogP) is 4.46. The fourth-order valence-electron chi connectivity index (χ4n) is 2.68. The number of aromatic amines is 1. The molecular formula is C21H29F3N4O. The van der Waals surface area contributed by atoms with E-state index in [0.29, 0.717) is 13.1 Å². The highest BCUT2D eigenvalue weighted by atomic mass is 19.4. The van der Waals surface area contributed by atoms with Crippen LogP contribution in [0.5, 0.6) is 0 Å². The van der Waals surface area contributed by atoms with E-state index in [4.69, 9.17) is 0 Å². The van der Waals surface area contributed by atoms with Crippen molar-refractivity contribution in [3.05, 3.63) is 66.6 Å². The van der Waals surface area contributed by atoms with E-state index in [1.54, 1.807) is 30.4 Å². The van der Waals surface area contributed by atoms with Crippen molar-refractivity contribution in [1.82, 2.24) is 20.0 Å². The summed E-state index contributed by atoms with van der Waals surface area (Å²) in [6.45, 7) is 15.4. The lowest BCUT2D eigenvalue weighted by atomic mass is 10.2. The lowest BCUT2D eigenvalue weighted by molar-refractivity contribution is -0.141. The number of halogens is 3. The average molecular weight is 410 g/mol. The van der Waals surface area contributed by atoms with E-state index in [1.165, 1.54) is 4.90 Å². The van der Waals surface area contributed by atoms with E-state index in [-0.39, 0.29) is 18.3 Å². The van der Waals surface area contributed by atoms with Crippen molar-refractivity contribution >= 4 is 5.91 Å². The number of amides is 1. The van der Waals surface area contributed by atoms with Gasteiger partial charge in [0.05, 0.1) is 0 Å². The highest BCUT2D eigenvalue weighted by Gasteiger charge is 2.34. The number of aromatic nitrogens is 2. The maximum Gasteiger partial charge on any atom is 0.432 e. The summed E-state index contributed by atoms with van der Waals surface area (Å²) in [5, 5.41) is 5.47. The second-order valence-electron chi connectivity index (χ2n) is 6.68. The molecule has 0 fully saturated rings. The van der Waals surface area contributed by atoms with Crippen LogP contribution in [-0.2, 0) is 6.18 Å². The molecule has 1 amide bonds. The van der Waals surface area contributed by atoms with Gasteiger partial charge in [0, 0.05) is 31.7 Å². The summed E-state index contributed by atoms with van der Waals surface area (Å²) in [4.78, 5) is 16.5. The number of hydrogen-bond donors (Lipinski definition) is 1. The molecule has 0 radical (unpaired) electrons. The van der Waals surface area contributed by atoms with Crippen molar-refractivity contribution in [3.8, 4) is 0 Å². The Bertz CT molecular complexity index is 747. The van der Waals surface area contributed by atoms with Crippen LogP contribution in [0.4, 0.5) is 13.2 Å². The number of allylic oxidation sites excluding steroid dienone is 4. The number of H-pyrrole nitrogens is 1. The first-order chi connectivity index (χ1) is 13.6. The molecule has 0 aliphatic heterocycles. The fourth-order valence-corrected chi connectivity index (χ4v) is 2.68. The van der Waals surface area contributed by atoms with E-state index < -0.39 is 17.8 Å². The maximum absolute atomic E-state index is 12.9. The van der Waals surface area contributed by atoms with Crippen LogP contribution in [0.15, 0.2) is 55.2 Å². The van der Waals surface area contributed by atoms with Crippen LogP contribution in [0.2, 0.25) is 0 Å². The Morgan fingerprint density at radius 1 is 1.28 bits per heavy atom. The molecule has 5 nitrogen and oxygen atoms in total. The molecule has 1 N–H and O–H groups in total. The first-order valence-electron chi connectivity index (χ1n) is 9.40. The van der Waals surface area contributed by atoms with Gasteiger partial charge >= 0.3 is 6.18 Å². The third kappa shape index (κ3) is 7.73. The van der Waals surface area contributed by atoms with Crippen LogP contribution in [0.1, 0.15) is 37.0 Å². The third-order valence-electron chi connectivity index (χ3n) is 4.38. The summed E-state index contributed by atoms with van der Waals surface area (Å²) < 4.78 is 38.6. The molecular weight excluding hydrogens is 381 g/mol. The fraction of sp³-hybridized carbons (Fsp3) is 0.429. The topological polar surface area (TPSA) is 52.2 Å². The van der Waals surface area contributed by atoms with Gasteiger partial charge in [-0.05, 0) is 26.0 Å². The zero-order valence-electron chi connectivity index (χ0n) is 17.2. The summed E-state index contributed by atoms with van der Waals surface area (Å²) >= 11 is 0. The molecule has 0 aromatic carbocycles. The molecule has 0 saturated carbocycles. The SMILES string of the molecule is C=C/C=C\C=C(/C=C)CN(CCN(CC)C(C)C)C(=O)c1cc(C(F)(F)F)[nH]n1. The number of nitrogens with zero attached hydrogens (tertiary/aromatic N) is 3. The molecule has 0 bridgehead atoms. The zero-order valence-corrected chi connectivity index (χ0v) is 17.2. The molecule has 1 aromatic rings. The second kappa shape index (κ2) is 11.4. The zero-order chi connectivity index (χ0) is 22.0. The molecule has 0 spiro atoms. The van der Waals surface area contributed by atoms with Crippen LogP contribution in [0.3, 0.4) is 0 Å². The van der Waals surface area contributed by atoms with Gasteiger partial charge in [0.1, 0.15) is 5.69 Å². The first kappa shape index (κ1) is 24.4. The minimum absolute atomic E-state index is 0.202. The van der Waals surface area contributed by atoms with Crippen LogP contribution >= 0.6 is 0 Å². The van der Waals surface area contributed by atoms with Gasteiger partial charge in [-0.2, -0.15) is 18.3 Å². The molecule has 0 aliphatic carbocycles. The quantitative estimate of drug-likeness (QED) is 0.548. The van der Waals surface area contributed by atoms with Crippen LogP contribution < -0.4 is 0 Å². The van der Waals surface area contributed by atoms with Gasteiger partial charge < -0.3 is 4.90 Å². The molecule has 8 heteroatoms. The Morgan fingerprint density at radius 3 is 2.45 bits per heavy atom. The monoisotopic (exact) mass is 410 g/mol. The summed E-state index contributed by atoms with van der Waals surface area (Å²) in [7, 11) is 0. The number of nitrogens with one attached hydrogen (secondary N) is 1. The number of rotatable bonds is 11. The molecule has 0 unspecified atom stereocenters. The highest BCUT2D eigenvalue weighted by Crippen LogP contribution is 2.28. The maximum atomic E-state index is 12.9. The number of carbonyl (C=O) groups excluding carboxylic acids is 1. The molecule has 160 valence electrons. The van der Waals surface area contributed by atoms with Crippen molar-refractivity contribution < 1.29 is 18.0 Å². The van der Waals surface area contributed by atoms with Crippen molar-refractivity contribution in [2.45, 2.75) is 33.0 Å². The van der Waals surface area contributed by atoms with E-state index in [0.717, 1.165) is 18.2 Å². The minimum Gasteiger partial charge on any atom is -0.332 e. The van der Waals surface area contributed by atoms with Gasteiger partial charge in [-0.3, -0.25) is 14.8 Å². The van der Waals surface area contributed by atoms with E-state index >= 15 is 0 Å². The lowest BCUT2D eigenvalue weighted by Gasteiger charge is -2.29. The van der Waals surface area contributed by atoms with Crippen LogP contribution in [-0.4, -0.2) is 58.1 Å². The lowest BCUT2D eigenvalue weighted by Crippen LogP contribution is -2.42. The van der Waals surface area contributed by atoms with Crippen molar-refractivity contribution in [3.63, 3.8) is 0 Å². The molecule has 1 heterocycles. The highest BCUT2D eigenvalue weighted by molar-refractivity contribution is 5.92. The normalized spacial score (nSPS) is 12.8. The van der Waals surface area contributed by atoms with E-state index in [1.807, 2.05) is 25.9 Å². The van der Waals surface area contributed by atoms with Gasteiger partial charge in [-0.25, -0.2) is 0 Å². The Balaban J connectivity index is 3.10. The van der Waals surface area contributed by atoms with Crippen LogP contribution in [0.25, 0.3) is 0 Å². The number of alkyl halides is 3. The van der Waals surface area contributed by atoms with E-state index in [9.17, 15) is 18.0 Å². The molecule has 1 aromatic heterocycles. The third-order valence-corrected chi connectivity index (χ3v) is 4.38. The summed E-state index contributed by atoms with van der Waals surface area (Å²) in [5.41, 5.74) is -0.572. The van der Waals surface area contributed by atoms with Crippen molar-refractivity contribution in [2.24, 2.45) is 0 Å². The van der Waals surface area contributed by atoms with Crippen molar-refractivity contribution in [1.29, 1.82) is 0 Å². The number of carbonyl (C=O) groups is 1. The number of hydrogen-bond acceptors (Lipinski definition) is 3. The van der Waals surface area contributed by atoms with Gasteiger partial charge in [-0.15, -0.1) is 0 Å². The largest absolute Gasteiger partial charge is 0.432 e.